The third-order valence-corrected chi connectivity index (χ3v) is 4.12. The van der Waals surface area contributed by atoms with Crippen LogP contribution in [0.15, 0.2) is 59.4 Å². The summed E-state index contributed by atoms with van der Waals surface area (Å²) in [5.41, 5.74) is 2.44. The van der Waals surface area contributed by atoms with Crippen molar-refractivity contribution in [2.75, 3.05) is 13.1 Å². The molecule has 0 N–H and O–H groups in total. The maximum Gasteiger partial charge on any atom is 0.232 e. The second-order valence-corrected chi connectivity index (χ2v) is 5.96. The van der Waals surface area contributed by atoms with E-state index in [1.54, 1.807) is 6.20 Å². The van der Waals surface area contributed by atoms with Gasteiger partial charge in [0.1, 0.15) is 0 Å². The van der Waals surface area contributed by atoms with Crippen molar-refractivity contribution >= 4 is 0 Å². The number of hydrogen-bond donors (Lipinski definition) is 0. The Morgan fingerprint density at radius 3 is 2.65 bits per heavy atom. The number of likely N-dealkylation sites (tertiary alicyclic amines) is 1. The van der Waals surface area contributed by atoms with E-state index in [9.17, 15) is 0 Å². The van der Waals surface area contributed by atoms with E-state index in [0.717, 1.165) is 37.8 Å². The Morgan fingerprint density at radius 1 is 1.04 bits per heavy atom. The fourth-order valence-electron chi connectivity index (χ4n) is 2.89. The van der Waals surface area contributed by atoms with Crippen molar-refractivity contribution in [1.82, 2.24) is 20.0 Å². The van der Waals surface area contributed by atoms with Crippen molar-refractivity contribution in [2.45, 2.75) is 18.9 Å². The molecule has 0 atom stereocenters. The Labute approximate surface area is 135 Å². The molecule has 1 saturated heterocycles. The predicted molar refractivity (Wildman–Crippen MR) is 85.8 cm³/mol. The van der Waals surface area contributed by atoms with Crippen LogP contribution in [0.2, 0.25) is 0 Å². The van der Waals surface area contributed by atoms with E-state index in [0.29, 0.717) is 5.92 Å². The van der Waals surface area contributed by atoms with Gasteiger partial charge in [-0.1, -0.05) is 41.6 Å². The number of rotatable bonds is 5. The van der Waals surface area contributed by atoms with Gasteiger partial charge in [-0.25, -0.2) is 0 Å². The SMILES string of the molecule is c1ccc(Cc2noc(C3CN(Cc4cccnc4)C3)n2)cc1. The van der Waals surface area contributed by atoms with Crippen molar-refractivity contribution < 1.29 is 4.52 Å². The van der Waals surface area contributed by atoms with Crippen LogP contribution in [0.25, 0.3) is 0 Å². The van der Waals surface area contributed by atoms with Crippen LogP contribution in [0.1, 0.15) is 28.8 Å². The molecule has 2 aromatic heterocycles. The molecule has 3 heterocycles. The summed E-state index contributed by atoms with van der Waals surface area (Å²) in [5.74, 6) is 1.87. The van der Waals surface area contributed by atoms with Crippen molar-refractivity contribution in [3.8, 4) is 0 Å². The van der Waals surface area contributed by atoms with Gasteiger partial charge in [0.05, 0.1) is 5.92 Å². The fraction of sp³-hybridized carbons (Fsp3) is 0.278. The third-order valence-electron chi connectivity index (χ3n) is 4.12. The Hall–Kier alpha value is -2.53. The van der Waals surface area contributed by atoms with E-state index >= 15 is 0 Å². The minimum atomic E-state index is 0.351. The van der Waals surface area contributed by atoms with Gasteiger partial charge in [-0.15, -0.1) is 0 Å². The molecule has 0 saturated carbocycles. The minimum absolute atomic E-state index is 0.351. The van der Waals surface area contributed by atoms with Crippen LogP contribution >= 0.6 is 0 Å². The lowest BCUT2D eigenvalue weighted by Gasteiger charge is -2.36. The van der Waals surface area contributed by atoms with Crippen LogP contribution < -0.4 is 0 Å². The van der Waals surface area contributed by atoms with Crippen molar-refractivity contribution in [2.24, 2.45) is 0 Å². The maximum absolute atomic E-state index is 5.44. The Bertz CT molecular complexity index is 751. The number of pyridine rings is 1. The summed E-state index contributed by atoms with van der Waals surface area (Å²) < 4.78 is 5.44. The van der Waals surface area contributed by atoms with E-state index in [2.05, 4.69) is 38.2 Å². The summed E-state index contributed by atoms with van der Waals surface area (Å²) in [4.78, 5) is 11.1. The number of nitrogens with zero attached hydrogens (tertiary/aromatic N) is 4. The number of benzene rings is 1. The van der Waals surface area contributed by atoms with Gasteiger partial charge in [0.15, 0.2) is 5.82 Å². The zero-order valence-corrected chi connectivity index (χ0v) is 12.8. The molecule has 116 valence electrons. The van der Waals surface area contributed by atoms with E-state index in [1.165, 1.54) is 11.1 Å². The van der Waals surface area contributed by atoms with Gasteiger partial charge in [-0.05, 0) is 17.2 Å². The average molecular weight is 306 g/mol. The zero-order valence-electron chi connectivity index (χ0n) is 12.8. The normalized spacial score (nSPS) is 15.5. The topological polar surface area (TPSA) is 55.1 Å². The predicted octanol–water partition coefficient (Wildman–Crippen LogP) is 2.65. The molecule has 23 heavy (non-hydrogen) atoms. The van der Waals surface area contributed by atoms with Crippen LogP contribution in [0.3, 0.4) is 0 Å². The highest BCUT2D eigenvalue weighted by molar-refractivity contribution is 5.19. The summed E-state index contributed by atoms with van der Waals surface area (Å²) in [6.07, 6.45) is 4.43. The highest BCUT2D eigenvalue weighted by Crippen LogP contribution is 2.27. The highest BCUT2D eigenvalue weighted by Gasteiger charge is 2.32. The van der Waals surface area contributed by atoms with E-state index in [1.807, 2.05) is 30.5 Å². The lowest BCUT2D eigenvalue weighted by molar-refractivity contribution is 0.117. The molecule has 1 fully saturated rings. The number of hydrogen-bond acceptors (Lipinski definition) is 5. The molecule has 4 rings (SSSR count). The van der Waals surface area contributed by atoms with Gasteiger partial charge in [0, 0.05) is 38.4 Å². The summed E-state index contributed by atoms with van der Waals surface area (Å²) in [6.45, 7) is 2.85. The first-order valence-electron chi connectivity index (χ1n) is 7.84. The zero-order chi connectivity index (χ0) is 15.5. The summed E-state index contributed by atoms with van der Waals surface area (Å²) >= 11 is 0. The van der Waals surface area contributed by atoms with Gasteiger partial charge in [-0.2, -0.15) is 4.98 Å². The van der Waals surface area contributed by atoms with Crippen molar-refractivity contribution in [3.05, 3.63) is 77.7 Å². The number of aromatic nitrogens is 3. The molecule has 0 aliphatic carbocycles. The molecule has 5 heteroatoms. The molecule has 0 bridgehead atoms. The van der Waals surface area contributed by atoms with Crippen LogP contribution in [-0.4, -0.2) is 33.1 Å². The smallest absolute Gasteiger partial charge is 0.232 e. The highest BCUT2D eigenvalue weighted by atomic mass is 16.5. The molecule has 1 aliphatic rings. The van der Waals surface area contributed by atoms with Gasteiger partial charge < -0.3 is 4.52 Å². The van der Waals surface area contributed by atoms with E-state index < -0.39 is 0 Å². The molecule has 3 aromatic rings. The van der Waals surface area contributed by atoms with Crippen molar-refractivity contribution in [3.63, 3.8) is 0 Å². The first kappa shape index (κ1) is 14.1. The lowest BCUT2D eigenvalue weighted by Crippen LogP contribution is -2.44. The molecular weight excluding hydrogens is 288 g/mol. The van der Waals surface area contributed by atoms with Crippen LogP contribution in [0.4, 0.5) is 0 Å². The van der Waals surface area contributed by atoms with Gasteiger partial charge in [0.25, 0.3) is 0 Å². The molecule has 1 aromatic carbocycles. The molecule has 0 amide bonds. The van der Waals surface area contributed by atoms with Crippen molar-refractivity contribution in [1.29, 1.82) is 0 Å². The van der Waals surface area contributed by atoms with Gasteiger partial charge >= 0.3 is 0 Å². The first-order chi connectivity index (χ1) is 11.4. The van der Waals surface area contributed by atoms with Crippen LogP contribution in [0.5, 0.6) is 0 Å². The first-order valence-corrected chi connectivity index (χ1v) is 7.84. The quantitative estimate of drug-likeness (QED) is 0.725. The molecule has 0 radical (unpaired) electrons. The van der Waals surface area contributed by atoms with E-state index in [-0.39, 0.29) is 0 Å². The Morgan fingerprint density at radius 2 is 1.87 bits per heavy atom. The second-order valence-electron chi connectivity index (χ2n) is 5.96. The summed E-state index contributed by atoms with van der Waals surface area (Å²) in [6, 6.07) is 14.3. The molecule has 0 unspecified atom stereocenters. The second kappa shape index (κ2) is 6.30. The van der Waals surface area contributed by atoms with Crippen LogP contribution in [-0.2, 0) is 13.0 Å². The lowest BCUT2D eigenvalue weighted by atomic mass is 9.99. The molecule has 1 aliphatic heterocycles. The Kier molecular flexibility index (Phi) is 3.86. The standard InChI is InChI=1S/C18H18N4O/c1-2-5-14(6-3-1)9-17-20-18(23-21-17)16-12-22(13-16)11-15-7-4-8-19-10-15/h1-8,10,16H,9,11-13H2. The minimum Gasteiger partial charge on any atom is -0.339 e. The summed E-state index contributed by atoms with van der Waals surface area (Å²) in [5, 5.41) is 4.11. The maximum atomic E-state index is 5.44. The Balaban J connectivity index is 1.32. The van der Waals surface area contributed by atoms with Crippen LogP contribution in [0, 0.1) is 0 Å². The largest absolute Gasteiger partial charge is 0.339 e. The summed E-state index contributed by atoms with van der Waals surface area (Å²) in [7, 11) is 0. The van der Waals surface area contributed by atoms with Gasteiger partial charge in [-0.3, -0.25) is 9.88 Å². The van der Waals surface area contributed by atoms with E-state index in [4.69, 9.17) is 4.52 Å². The molecule has 5 nitrogen and oxygen atoms in total. The third kappa shape index (κ3) is 3.29. The van der Waals surface area contributed by atoms with Gasteiger partial charge in [0.2, 0.25) is 5.89 Å². The monoisotopic (exact) mass is 306 g/mol. The molecule has 0 spiro atoms. The molecular formula is C18H18N4O. The average Bonchev–Trinajstić information content (AvgIpc) is 3.00. The fourth-order valence-corrected chi connectivity index (χ4v) is 2.89.